The number of fused-ring (bicyclic) bond motifs is 1. The van der Waals surface area contributed by atoms with E-state index < -0.39 is 11.6 Å². The van der Waals surface area contributed by atoms with Gasteiger partial charge in [0.15, 0.2) is 5.82 Å². The van der Waals surface area contributed by atoms with Crippen LogP contribution in [0.15, 0.2) is 36.4 Å². The van der Waals surface area contributed by atoms with Gasteiger partial charge >= 0.3 is 6.03 Å². The van der Waals surface area contributed by atoms with E-state index in [4.69, 9.17) is 9.47 Å². The van der Waals surface area contributed by atoms with Crippen LogP contribution in [0.3, 0.4) is 0 Å². The number of ether oxygens (including phenoxy) is 2. The van der Waals surface area contributed by atoms with E-state index in [0.717, 1.165) is 36.0 Å². The lowest BCUT2D eigenvalue weighted by Gasteiger charge is -2.31. The molecule has 2 aromatic carbocycles. The molecule has 6 nitrogen and oxygen atoms in total. The molecule has 9 heteroatoms. The first kappa shape index (κ1) is 22.3. The molecular formula is C23H25F2N3O3S. The van der Waals surface area contributed by atoms with Gasteiger partial charge in [-0.25, -0.2) is 13.6 Å². The number of carbonyl (C=O) groups is 1. The Morgan fingerprint density at radius 2 is 1.97 bits per heavy atom. The molecule has 0 unspecified atom stereocenters. The van der Waals surface area contributed by atoms with Crippen molar-refractivity contribution < 1.29 is 23.0 Å². The maximum absolute atomic E-state index is 13.8. The molecule has 1 aromatic heterocycles. The molecule has 1 N–H and O–H groups in total. The van der Waals surface area contributed by atoms with Crippen LogP contribution in [0.1, 0.15) is 32.6 Å². The summed E-state index contributed by atoms with van der Waals surface area (Å²) in [6, 6.07) is 9.24. The quantitative estimate of drug-likeness (QED) is 0.450. The smallest absolute Gasteiger partial charge is 0.321 e. The van der Waals surface area contributed by atoms with Crippen molar-refractivity contribution in [2.45, 2.75) is 38.7 Å². The van der Waals surface area contributed by atoms with Crippen molar-refractivity contribution in [2.75, 3.05) is 25.0 Å². The van der Waals surface area contributed by atoms with Crippen LogP contribution in [-0.4, -0.2) is 41.7 Å². The molecule has 1 aliphatic rings. The molecule has 3 aromatic rings. The first-order valence-electron chi connectivity index (χ1n) is 10.7. The Labute approximate surface area is 189 Å². The zero-order chi connectivity index (χ0) is 22.5. The normalized spacial score (nSPS) is 14.5. The summed E-state index contributed by atoms with van der Waals surface area (Å²) < 4.78 is 39.1. The predicted octanol–water partition coefficient (Wildman–Crippen LogP) is 5.83. The Morgan fingerprint density at radius 1 is 1.22 bits per heavy atom. The molecule has 2 amide bonds. The molecule has 32 heavy (non-hydrogen) atoms. The Kier molecular flexibility index (Phi) is 7.04. The number of amides is 2. The van der Waals surface area contributed by atoms with Crippen LogP contribution >= 0.6 is 11.3 Å². The van der Waals surface area contributed by atoms with Crippen molar-refractivity contribution in [2.24, 2.45) is 0 Å². The van der Waals surface area contributed by atoms with E-state index in [-0.39, 0.29) is 17.7 Å². The number of hydrogen-bond donors (Lipinski definition) is 1. The topological polar surface area (TPSA) is 63.7 Å². The monoisotopic (exact) mass is 461 g/mol. The molecular weight excluding hydrogens is 436 g/mol. The van der Waals surface area contributed by atoms with Gasteiger partial charge in [0.2, 0.25) is 0 Å². The number of nitrogens with one attached hydrogen (secondary N) is 1. The highest BCUT2D eigenvalue weighted by molar-refractivity contribution is 7.20. The summed E-state index contributed by atoms with van der Waals surface area (Å²) in [4.78, 5) is 18.4. The van der Waals surface area contributed by atoms with E-state index in [1.807, 2.05) is 24.3 Å². The second-order valence-corrected chi connectivity index (χ2v) is 8.67. The summed E-state index contributed by atoms with van der Waals surface area (Å²) >= 11 is 1.12. The highest BCUT2D eigenvalue weighted by Gasteiger charge is 2.25. The van der Waals surface area contributed by atoms with Gasteiger partial charge in [0.05, 0.1) is 11.3 Å². The van der Waals surface area contributed by atoms with Gasteiger partial charge in [0.25, 0.3) is 5.19 Å². The number of likely N-dealkylation sites (tertiary alicyclic amines) is 1. The fraction of sp³-hybridized carbons (Fsp3) is 0.391. The fourth-order valence-corrected chi connectivity index (χ4v) is 4.40. The molecule has 2 heterocycles. The van der Waals surface area contributed by atoms with E-state index in [0.29, 0.717) is 48.1 Å². The third-order valence-corrected chi connectivity index (χ3v) is 6.16. The highest BCUT2D eigenvalue weighted by Crippen LogP contribution is 2.32. The summed E-state index contributed by atoms with van der Waals surface area (Å²) in [6.45, 7) is 3.86. The van der Waals surface area contributed by atoms with Crippen molar-refractivity contribution in [1.29, 1.82) is 0 Å². The Bertz CT molecular complexity index is 1070. The highest BCUT2D eigenvalue weighted by atomic mass is 32.1. The maximum Gasteiger partial charge on any atom is 0.321 e. The van der Waals surface area contributed by atoms with E-state index in [1.54, 1.807) is 4.90 Å². The van der Waals surface area contributed by atoms with Crippen molar-refractivity contribution in [3.05, 3.63) is 48.0 Å². The summed E-state index contributed by atoms with van der Waals surface area (Å²) in [5.41, 5.74) is 0.824. The van der Waals surface area contributed by atoms with Crippen molar-refractivity contribution in [3.8, 4) is 10.9 Å². The summed E-state index contributed by atoms with van der Waals surface area (Å²) in [7, 11) is 0. The molecule has 0 radical (unpaired) electrons. The van der Waals surface area contributed by atoms with Gasteiger partial charge in [-0.1, -0.05) is 24.7 Å². The Hall–Kier alpha value is -2.94. The van der Waals surface area contributed by atoms with Gasteiger partial charge in [0, 0.05) is 37.7 Å². The summed E-state index contributed by atoms with van der Waals surface area (Å²) in [5.74, 6) is -0.548. The number of rotatable bonds is 7. The standard InChI is InChI=1S/C23H25F2N3O3S/c1-2-3-12-30-17-6-4-16(5-7-17)26-22(29)28-10-8-18(9-11-28)31-23-27-21-19(25)13-15(24)14-20(21)32-23/h4-7,13-14,18H,2-3,8-12H2,1H3,(H,26,29). The molecule has 0 aliphatic carbocycles. The number of thiazole rings is 1. The molecule has 0 atom stereocenters. The van der Waals surface area contributed by atoms with Gasteiger partial charge in [-0.3, -0.25) is 0 Å². The van der Waals surface area contributed by atoms with E-state index in [9.17, 15) is 13.6 Å². The van der Waals surface area contributed by atoms with Crippen LogP contribution in [0.4, 0.5) is 19.3 Å². The van der Waals surface area contributed by atoms with Gasteiger partial charge < -0.3 is 19.7 Å². The van der Waals surface area contributed by atoms with Gasteiger partial charge in [-0.05, 0) is 36.8 Å². The number of anilines is 1. The van der Waals surface area contributed by atoms with Crippen LogP contribution in [0, 0.1) is 11.6 Å². The minimum atomic E-state index is -0.696. The largest absolute Gasteiger partial charge is 0.494 e. The minimum Gasteiger partial charge on any atom is -0.494 e. The zero-order valence-corrected chi connectivity index (χ0v) is 18.6. The lowest BCUT2D eigenvalue weighted by molar-refractivity contribution is 0.115. The molecule has 0 spiro atoms. The van der Waals surface area contributed by atoms with E-state index >= 15 is 0 Å². The van der Waals surface area contributed by atoms with Crippen LogP contribution in [-0.2, 0) is 0 Å². The Balaban J connectivity index is 1.26. The third-order valence-electron chi connectivity index (χ3n) is 5.26. The molecule has 0 saturated carbocycles. The number of urea groups is 1. The second kappa shape index (κ2) is 10.1. The van der Waals surface area contributed by atoms with Crippen LogP contribution in [0.2, 0.25) is 0 Å². The zero-order valence-electron chi connectivity index (χ0n) is 17.8. The second-order valence-electron chi connectivity index (χ2n) is 7.67. The third kappa shape index (κ3) is 5.45. The number of aromatic nitrogens is 1. The van der Waals surface area contributed by atoms with Gasteiger partial charge in [0.1, 0.15) is 23.2 Å². The lowest BCUT2D eigenvalue weighted by atomic mass is 10.1. The molecule has 1 aliphatic heterocycles. The number of carbonyl (C=O) groups excluding carboxylic acids is 1. The van der Waals surface area contributed by atoms with Gasteiger partial charge in [-0.2, -0.15) is 4.98 Å². The van der Waals surface area contributed by atoms with Crippen molar-refractivity contribution in [1.82, 2.24) is 9.88 Å². The predicted molar refractivity (Wildman–Crippen MR) is 121 cm³/mol. The maximum atomic E-state index is 13.8. The molecule has 170 valence electrons. The number of hydrogen-bond acceptors (Lipinski definition) is 5. The van der Waals surface area contributed by atoms with Crippen molar-refractivity contribution >= 4 is 33.3 Å². The number of piperidine rings is 1. The summed E-state index contributed by atoms with van der Waals surface area (Å²) in [6.07, 6.45) is 3.21. The SMILES string of the molecule is CCCCOc1ccc(NC(=O)N2CCC(Oc3nc4c(F)cc(F)cc4s3)CC2)cc1. The number of benzene rings is 2. The minimum absolute atomic E-state index is 0.116. The molecule has 1 saturated heterocycles. The molecule has 0 bridgehead atoms. The number of unbranched alkanes of at least 4 members (excludes halogenated alkanes) is 1. The molecule has 4 rings (SSSR count). The first-order valence-corrected chi connectivity index (χ1v) is 11.5. The number of nitrogens with zero attached hydrogens (tertiary/aromatic N) is 2. The Morgan fingerprint density at radius 3 is 2.69 bits per heavy atom. The number of halogens is 2. The van der Waals surface area contributed by atoms with Crippen LogP contribution in [0.5, 0.6) is 10.9 Å². The van der Waals surface area contributed by atoms with Crippen LogP contribution in [0.25, 0.3) is 10.2 Å². The average molecular weight is 462 g/mol. The fourth-order valence-electron chi connectivity index (χ4n) is 3.48. The van der Waals surface area contributed by atoms with Crippen molar-refractivity contribution in [3.63, 3.8) is 0 Å². The first-order chi connectivity index (χ1) is 15.5. The lowest BCUT2D eigenvalue weighted by Crippen LogP contribution is -2.43. The van der Waals surface area contributed by atoms with Crippen LogP contribution < -0.4 is 14.8 Å². The summed E-state index contributed by atoms with van der Waals surface area (Å²) in [5, 5.41) is 3.22. The average Bonchev–Trinajstić information content (AvgIpc) is 3.18. The van der Waals surface area contributed by atoms with Gasteiger partial charge in [-0.15, -0.1) is 0 Å². The molecule has 1 fully saturated rings. The van der Waals surface area contributed by atoms with E-state index in [2.05, 4.69) is 17.2 Å². The van der Waals surface area contributed by atoms with E-state index in [1.165, 1.54) is 6.07 Å².